The molecule has 0 fully saturated rings. The van der Waals surface area contributed by atoms with E-state index in [1.54, 1.807) is 11.3 Å². The first kappa shape index (κ1) is 11.9. The quantitative estimate of drug-likeness (QED) is 0.767. The molecule has 3 N–H and O–H groups in total. The van der Waals surface area contributed by atoms with Crippen LogP contribution in [-0.4, -0.2) is 9.97 Å². The van der Waals surface area contributed by atoms with Gasteiger partial charge in [-0.3, -0.25) is 0 Å². The Morgan fingerprint density at radius 2 is 2.00 bits per heavy atom. The number of nitrogens with two attached hydrogens (primary N) is 1. The third-order valence-corrected chi connectivity index (χ3v) is 3.85. The maximum atomic E-state index is 5.74. The molecule has 3 aromatic rings. The minimum Gasteiger partial charge on any atom is -0.368 e. The van der Waals surface area contributed by atoms with Crippen LogP contribution in [0.1, 0.15) is 9.75 Å². The average molecular weight is 270 g/mol. The predicted octanol–water partition coefficient (Wildman–Crippen LogP) is 3.19. The Labute approximate surface area is 115 Å². The van der Waals surface area contributed by atoms with Gasteiger partial charge in [-0.1, -0.05) is 12.1 Å². The number of thiophene rings is 1. The highest BCUT2D eigenvalue weighted by molar-refractivity contribution is 7.11. The number of hydrogen-bond donors (Lipinski definition) is 2. The lowest BCUT2D eigenvalue weighted by Gasteiger charge is -2.08. The molecular formula is C14H14N4S. The van der Waals surface area contributed by atoms with Crippen molar-refractivity contribution < 1.29 is 0 Å². The molecule has 2 aromatic heterocycles. The van der Waals surface area contributed by atoms with E-state index in [1.807, 2.05) is 24.3 Å². The number of fused-ring (bicyclic) bond motifs is 1. The molecule has 96 valence electrons. The number of hydrogen-bond acceptors (Lipinski definition) is 5. The van der Waals surface area contributed by atoms with E-state index in [1.165, 1.54) is 9.75 Å². The lowest BCUT2D eigenvalue weighted by molar-refractivity contribution is 1.13. The second-order valence-corrected chi connectivity index (χ2v) is 5.69. The molecule has 0 aliphatic carbocycles. The minimum atomic E-state index is 0.295. The summed E-state index contributed by atoms with van der Waals surface area (Å²) in [6.45, 7) is 2.85. The van der Waals surface area contributed by atoms with Gasteiger partial charge in [0.1, 0.15) is 5.82 Å². The summed E-state index contributed by atoms with van der Waals surface area (Å²) in [5.41, 5.74) is 6.60. The second-order valence-electron chi connectivity index (χ2n) is 4.31. The summed E-state index contributed by atoms with van der Waals surface area (Å²) in [5, 5.41) is 4.33. The number of aryl methyl sites for hydroxylation is 1. The Morgan fingerprint density at radius 1 is 1.16 bits per heavy atom. The molecule has 0 amide bonds. The normalized spacial score (nSPS) is 10.8. The van der Waals surface area contributed by atoms with Crippen molar-refractivity contribution in [2.75, 3.05) is 11.1 Å². The first-order valence-corrected chi connectivity index (χ1v) is 6.85. The number of anilines is 2. The lowest BCUT2D eigenvalue weighted by Crippen LogP contribution is -2.04. The molecule has 0 spiro atoms. The van der Waals surface area contributed by atoms with Gasteiger partial charge in [-0.15, -0.1) is 11.3 Å². The summed E-state index contributed by atoms with van der Waals surface area (Å²) in [4.78, 5) is 11.1. The van der Waals surface area contributed by atoms with Crippen LogP contribution in [0.15, 0.2) is 36.4 Å². The minimum absolute atomic E-state index is 0.295. The fourth-order valence-corrected chi connectivity index (χ4v) is 2.81. The van der Waals surface area contributed by atoms with Crippen LogP contribution < -0.4 is 11.1 Å². The van der Waals surface area contributed by atoms with E-state index < -0.39 is 0 Å². The van der Waals surface area contributed by atoms with Crippen LogP contribution in [0.25, 0.3) is 10.9 Å². The van der Waals surface area contributed by atoms with Gasteiger partial charge in [0.05, 0.1) is 12.1 Å². The highest BCUT2D eigenvalue weighted by Crippen LogP contribution is 2.22. The van der Waals surface area contributed by atoms with Crippen molar-refractivity contribution in [2.45, 2.75) is 13.5 Å². The van der Waals surface area contributed by atoms with Crippen LogP contribution in [0, 0.1) is 6.92 Å². The molecule has 0 radical (unpaired) electrons. The van der Waals surface area contributed by atoms with Crippen molar-refractivity contribution in [3.05, 3.63) is 46.2 Å². The van der Waals surface area contributed by atoms with Crippen LogP contribution in [0.4, 0.5) is 11.8 Å². The molecule has 1 aromatic carbocycles. The maximum Gasteiger partial charge on any atom is 0.222 e. The number of rotatable bonds is 3. The number of nitrogen functional groups attached to an aromatic ring is 1. The van der Waals surface area contributed by atoms with Gasteiger partial charge in [0.25, 0.3) is 0 Å². The average Bonchev–Trinajstić information content (AvgIpc) is 2.81. The van der Waals surface area contributed by atoms with E-state index in [0.717, 1.165) is 23.3 Å². The van der Waals surface area contributed by atoms with E-state index in [0.29, 0.717) is 5.95 Å². The number of aromatic nitrogens is 2. The molecule has 19 heavy (non-hydrogen) atoms. The largest absolute Gasteiger partial charge is 0.368 e. The highest BCUT2D eigenvalue weighted by atomic mass is 32.1. The Kier molecular flexibility index (Phi) is 3.05. The molecule has 0 aliphatic heterocycles. The fourth-order valence-electron chi connectivity index (χ4n) is 1.98. The molecule has 3 rings (SSSR count). The van der Waals surface area contributed by atoms with Crippen molar-refractivity contribution in [2.24, 2.45) is 0 Å². The van der Waals surface area contributed by atoms with E-state index in [4.69, 9.17) is 5.73 Å². The zero-order valence-corrected chi connectivity index (χ0v) is 11.4. The van der Waals surface area contributed by atoms with Crippen LogP contribution >= 0.6 is 11.3 Å². The second kappa shape index (κ2) is 4.85. The summed E-state index contributed by atoms with van der Waals surface area (Å²) in [7, 11) is 0. The van der Waals surface area contributed by atoms with Gasteiger partial charge in [-0.05, 0) is 31.2 Å². The molecule has 0 atom stereocenters. The Hall–Kier alpha value is -2.14. The number of para-hydroxylation sites is 1. The number of nitrogens with one attached hydrogen (secondary N) is 1. The maximum absolute atomic E-state index is 5.74. The molecule has 0 saturated heterocycles. The topological polar surface area (TPSA) is 63.8 Å². The summed E-state index contributed by atoms with van der Waals surface area (Å²) in [6, 6.07) is 12.1. The number of nitrogens with zero attached hydrogens (tertiary/aromatic N) is 2. The Bertz CT molecular complexity index is 720. The molecule has 0 bridgehead atoms. The SMILES string of the molecule is Cc1ccc(CNc2nc(N)nc3ccccc23)s1. The highest BCUT2D eigenvalue weighted by Gasteiger charge is 2.05. The molecule has 4 nitrogen and oxygen atoms in total. The van der Waals surface area contributed by atoms with Crippen molar-refractivity contribution in [1.29, 1.82) is 0 Å². The number of benzene rings is 1. The monoisotopic (exact) mass is 270 g/mol. The fraction of sp³-hybridized carbons (Fsp3) is 0.143. The standard InChI is InChI=1S/C14H14N4S/c1-9-6-7-10(19-9)8-16-13-11-4-2-3-5-12(11)17-14(15)18-13/h2-7H,8H2,1H3,(H3,15,16,17,18). The smallest absolute Gasteiger partial charge is 0.222 e. The van der Waals surface area contributed by atoms with Gasteiger partial charge < -0.3 is 11.1 Å². The Balaban J connectivity index is 1.91. The summed E-state index contributed by atoms with van der Waals surface area (Å²) < 4.78 is 0. The van der Waals surface area contributed by atoms with Gasteiger partial charge in [-0.2, -0.15) is 4.98 Å². The molecule has 2 heterocycles. The summed E-state index contributed by atoms with van der Waals surface area (Å²) in [6.07, 6.45) is 0. The summed E-state index contributed by atoms with van der Waals surface area (Å²) >= 11 is 1.78. The van der Waals surface area contributed by atoms with Crippen molar-refractivity contribution >= 4 is 34.0 Å². The van der Waals surface area contributed by atoms with E-state index in [9.17, 15) is 0 Å². The summed E-state index contributed by atoms with van der Waals surface area (Å²) in [5.74, 6) is 1.08. The molecule has 0 aliphatic rings. The third-order valence-electron chi connectivity index (χ3n) is 2.85. The van der Waals surface area contributed by atoms with E-state index in [-0.39, 0.29) is 0 Å². The van der Waals surface area contributed by atoms with Crippen LogP contribution in [0.2, 0.25) is 0 Å². The molecule has 5 heteroatoms. The van der Waals surface area contributed by atoms with E-state index in [2.05, 4.69) is 34.3 Å². The zero-order valence-electron chi connectivity index (χ0n) is 10.6. The van der Waals surface area contributed by atoms with Crippen LogP contribution in [0.5, 0.6) is 0 Å². The predicted molar refractivity (Wildman–Crippen MR) is 80.3 cm³/mol. The molecule has 0 saturated carbocycles. The van der Waals surface area contributed by atoms with Gasteiger partial charge >= 0.3 is 0 Å². The molecule has 0 unspecified atom stereocenters. The first-order chi connectivity index (χ1) is 9.22. The van der Waals surface area contributed by atoms with Gasteiger partial charge in [0.15, 0.2) is 0 Å². The van der Waals surface area contributed by atoms with Gasteiger partial charge in [0.2, 0.25) is 5.95 Å². The van der Waals surface area contributed by atoms with Crippen molar-refractivity contribution in [3.63, 3.8) is 0 Å². The van der Waals surface area contributed by atoms with Crippen molar-refractivity contribution in [3.8, 4) is 0 Å². The first-order valence-electron chi connectivity index (χ1n) is 6.04. The van der Waals surface area contributed by atoms with Gasteiger partial charge in [-0.25, -0.2) is 4.98 Å². The zero-order chi connectivity index (χ0) is 13.2. The van der Waals surface area contributed by atoms with Gasteiger partial charge in [0, 0.05) is 15.1 Å². The van der Waals surface area contributed by atoms with E-state index >= 15 is 0 Å². The third kappa shape index (κ3) is 2.51. The Morgan fingerprint density at radius 3 is 2.79 bits per heavy atom. The molecular weight excluding hydrogens is 256 g/mol. The lowest BCUT2D eigenvalue weighted by atomic mass is 10.2. The van der Waals surface area contributed by atoms with Crippen LogP contribution in [0.3, 0.4) is 0 Å². The van der Waals surface area contributed by atoms with Crippen LogP contribution in [-0.2, 0) is 6.54 Å². The van der Waals surface area contributed by atoms with Crippen molar-refractivity contribution in [1.82, 2.24) is 9.97 Å².